The number of carbonyl (C=O) groups is 1. The van der Waals surface area contributed by atoms with E-state index in [4.69, 9.17) is 0 Å². The van der Waals surface area contributed by atoms with Crippen LogP contribution in [-0.2, 0) is 5.75 Å². The van der Waals surface area contributed by atoms with Crippen molar-refractivity contribution < 1.29 is 4.79 Å². The number of benzene rings is 1. The SMILES string of the molecule is O=Cc1ccccc1SCc1cccs1. The van der Waals surface area contributed by atoms with Crippen LogP contribution in [0.2, 0.25) is 0 Å². The summed E-state index contributed by atoms with van der Waals surface area (Å²) in [7, 11) is 0. The first-order valence-corrected chi connectivity index (χ1v) is 6.46. The Morgan fingerprint density at radius 1 is 1.20 bits per heavy atom. The summed E-state index contributed by atoms with van der Waals surface area (Å²) in [5, 5.41) is 2.07. The lowest BCUT2D eigenvalue weighted by Crippen LogP contribution is -1.84. The Labute approximate surface area is 97.1 Å². The monoisotopic (exact) mass is 234 g/mol. The van der Waals surface area contributed by atoms with Crippen LogP contribution >= 0.6 is 23.1 Å². The third-order valence-electron chi connectivity index (χ3n) is 2.00. The van der Waals surface area contributed by atoms with E-state index in [-0.39, 0.29) is 0 Å². The van der Waals surface area contributed by atoms with Crippen molar-refractivity contribution in [1.29, 1.82) is 0 Å². The largest absolute Gasteiger partial charge is 0.298 e. The normalized spacial score (nSPS) is 10.1. The summed E-state index contributed by atoms with van der Waals surface area (Å²) in [6.45, 7) is 0. The summed E-state index contributed by atoms with van der Waals surface area (Å²) < 4.78 is 0. The lowest BCUT2D eigenvalue weighted by molar-refractivity contribution is 0.112. The molecule has 0 saturated heterocycles. The van der Waals surface area contributed by atoms with Gasteiger partial charge in [-0.1, -0.05) is 24.3 Å². The summed E-state index contributed by atoms with van der Waals surface area (Å²) >= 11 is 3.45. The van der Waals surface area contributed by atoms with Crippen LogP contribution in [0.15, 0.2) is 46.7 Å². The third-order valence-corrected chi connectivity index (χ3v) is 4.19. The molecule has 1 aromatic heterocycles. The summed E-state index contributed by atoms with van der Waals surface area (Å²) in [5.74, 6) is 0.933. The minimum Gasteiger partial charge on any atom is -0.298 e. The lowest BCUT2D eigenvalue weighted by Gasteiger charge is -2.02. The summed E-state index contributed by atoms with van der Waals surface area (Å²) in [4.78, 5) is 13.2. The van der Waals surface area contributed by atoms with Crippen LogP contribution in [0.25, 0.3) is 0 Å². The Balaban J connectivity index is 2.07. The van der Waals surface area contributed by atoms with E-state index in [1.54, 1.807) is 23.1 Å². The van der Waals surface area contributed by atoms with Gasteiger partial charge in [-0.2, -0.15) is 0 Å². The van der Waals surface area contributed by atoms with Gasteiger partial charge >= 0.3 is 0 Å². The molecule has 0 unspecified atom stereocenters. The van der Waals surface area contributed by atoms with Gasteiger partial charge in [0, 0.05) is 21.1 Å². The number of hydrogen-bond donors (Lipinski definition) is 0. The third kappa shape index (κ3) is 2.70. The molecule has 0 N–H and O–H groups in total. The molecule has 1 aromatic carbocycles. The second kappa shape index (κ2) is 5.14. The molecule has 0 saturated carbocycles. The maximum atomic E-state index is 10.8. The smallest absolute Gasteiger partial charge is 0.151 e. The van der Waals surface area contributed by atoms with Crippen molar-refractivity contribution in [2.45, 2.75) is 10.6 Å². The number of thiophene rings is 1. The summed E-state index contributed by atoms with van der Waals surface area (Å²) in [5.41, 5.74) is 0.777. The Morgan fingerprint density at radius 2 is 2.07 bits per heavy atom. The molecule has 0 radical (unpaired) electrons. The Kier molecular flexibility index (Phi) is 3.59. The molecule has 0 aliphatic rings. The van der Waals surface area contributed by atoms with Crippen LogP contribution in [0.3, 0.4) is 0 Å². The molecule has 1 nitrogen and oxygen atoms in total. The van der Waals surface area contributed by atoms with E-state index < -0.39 is 0 Å². The zero-order valence-electron chi connectivity index (χ0n) is 8.05. The molecule has 15 heavy (non-hydrogen) atoms. The first-order valence-electron chi connectivity index (χ1n) is 4.59. The van der Waals surface area contributed by atoms with E-state index in [1.807, 2.05) is 30.3 Å². The average Bonchev–Trinajstić information content (AvgIpc) is 2.79. The maximum absolute atomic E-state index is 10.8. The van der Waals surface area contributed by atoms with E-state index in [0.717, 1.165) is 22.5 Å². The molecular weight excluding hydrogens is 224 g/mol. The van der Waals surface area contributed by atoms with Crippen LogP contribution in [0, 0.1) is 0 Å². The van der Waals surface area contributed by atoms with Gasteiger partial charge in [-0.05, 0) is 17.5 Å². The molecule has 0 bridgehead atoms. The highest BCUT2D eigenvalue weighted by Gasteiger charge is 2.01. The van der Waals surface area contributed by atoms with Gasteiger partial charge in [-0.15, -0.1) is 23.1 Å². The van der Waals surface area contributed by atoms with Gasteiger partial charge in [0.2, 0.25) is 0 Å². The fraction of sp³-hybridized carbons (Fsp3) is 0.0833. The molecule has 0 atom stereocenters. The number of aldehydes is 1. The van der Waals surface area contributed by atoms with E-state index in [2.05, 4.69) is 11.4 Å². The first kappa shape index (κ1) is 10.5. The highest BCUT2D eigenvalue weighted by Crippen LogP contribution is 2.26. The van der Waals surface area contributed by atoms with E-state index in [1.165, 1.54) is 4.88 Å². The standard InChI is InChI=1S/C12H10OS2/c13-8-10-4-1-2-6-12(10)15-9-11-5-3-7-14-11/h1-8H,9H2. The molecule has 0 aliphatic heterocycles. The van der Waals surface area contributed by atoms with Gasteiger partial charge < -0.3 is 0 Å². The lowest BCUT2D eigenvalue weighted by atomic mass is 10.2. The minimum atomic E-state index is 0.777. The van der Waals surface area contributed by atoms with Gasteiger partial charge in [0.1, 0.15) is 0 Å². The van der Waals surface area contributed by atoms with Crippen molar-refractivity contribution in [3.05, 3.63) is 52.2 Å². The van der Waals surface area contributed by atoms with Crippen LogP contribution in [0.4, 0.5) is 0 Å². The first-order chi connectivity index (χ1) is 7.40. The molecule has 2 rings (SSSR count). The maximum Gasteiger partial charge on any atom is 0.151 e. The van der Waals surface area contributed by atoms with E-state index in [0.29, 0.717) is 0 Å². The molecule has 0 amide bonds. The molecule has 0 aliphatic carbocycles. The predicted molar refractivity (Wildman–Crippen MR) is 65.7 cm³/mol. The van der Waals surface area contributed by atoms with Crippen molar-refractivity contribution >= 4 is 29.4 Å². The molecular formula is C12H10OS2. The average molecular weight is 234 g/mol. The summed E-state index contributed by atoms with van der Waals surface area (Å²) in [6.07, 6.45) is 0.913. The molecule has 0 spiro atoms. The van der Waals surface area contributed by atoms with Crippen LogP contribution < -0.4 is 0 Å². The zero-order chi connectivity index (χ0) is 10.5. The van der Waals surface area contributed by atoms with Gasteiger partial charge in [0.05, 0.1) is 0 Å². The van der Waals surface area contributed by atoms with Gasteiger partial charge in [-0.3, -0.25) is 4.79 Å². The topological polar surface area (TPSA) is 17.1 Å². The van der Waals surface area contributed by atoms with Gasteiger partial charge in [0.25, 0.3) is 0 Å². The molecule has 76 valence electrons. The minimum absolute atomic E-state index is 0.777. The van der Waals surface area contributed by atoms with E-state index >= 15 is 0 Å². The number of carbonyl (C=O) groups excluding carboxylic acids is 1. The van der Waals surface area contributed by atoms with Gasteiger partial charge in [-0.25, -0.2) is 0 Å². The molecule has 3 heteroatoms. The highest BCUT2D eigenvalue weighted by molar-refractivity contribution is 7.98. The van der Waals surface area contributed by atoms with Gasteiger partial charge in [0.15, 0.2) is 6.29 Å². The van der Waals surface area contributed by atoms with E-state index in [9.17, 15) is 4.79 Å². The zero-order valence-corrected chi connectivity index (χ0v) is 9.68. The summed E-state index contributed by atoms with van der Waals surface area (Å²) in [6, 6.07) is 11.8. The van der Waals surface area contributed by atoms with Crippen molar-refractivity contribution in [1.82, 2.24) is 0 Å². The van der Waals surface area contributed by atoms with Crippen molar-refractivity contribution in [2.24, 2.45) is 0 Å². The Morgan fingerprint density at radius 3 is 2.80 bits per heavy atom. The fourth-order valence-electron chi connectivity index (χ4n) is 1.25. The quantitative estimate of drug-likeness (QED) is 0.590. The van der Waals surface area contributed by atoms with Crippen LogP contribution in [0.1, 0.15) is 15.2 Å². The van der Waals surface area contributed by atoms with Crippen molar-refractivity contribution in [3.8, 4) is 0 Å². The Bertz CT molecular complexity index is 435. The number of thioether (sulfide) groups is 1. The highest BCUT2D eigenvalue weighted by atomic mass is 32.2. The van der Waals surface area contributed by atoms with Crippen LogP contribution in [-0.4, -0.2) is 6.29 Å². The predicted octanol–water partition coefficient (Wildman–Crippen LogP) is 3.85. The number of rotatable bonds is 4. The Hall–Kier alpha value is -1.06. The molecule has 0 fully saturated rings. The molecule has 2 aromatic rings. The second-order valence-corrected chi connectivity index (χ2v) is 5.07. The fourth-order valence-corrected chi connectivity index (χ4v) is 3.04. The van der Waals surface area contributed by atoms with Crippen molar-refractivity contribution in [2.75, 3.05) is 0 Å². The van der Waals surface area contributed by atoms with Crippen LogP contribution in [0.5, 0.6) is 0 Å². The second-order valence-electron chi connectivity index (χ2n) is 3.02. The molecule has 1 heterocycles. The van der Waals surface area contributed by atoms with Crippen molar-refractivity contribution in [3.63, 3.8) is 0 Å². The number of hydrogen-bond acceptors (Lipinski definition) is 3.